The number of hydrogen-bond acceptors (Lipinski definition) is 1. The minimum atomic E-state index is 0.273. The summed E-state index contributed by atoms with van der Waals surface area (Å²) < 4.78 is 1.26. The van der Waals surface area contributed by atoms with Gasteiger partial charge in [-0.15, -0.1) is 0 Å². The van der Waals surface area contributed by atoms with E-state index in [0.29, 0.717) is 0 Å². The molecule has 0 aliphatic rings. The van der Waals surface area contributed by atoms with Crippen LogP contribution in [-0.2, 0) is 0 Å². The van der Waals surface area contributed by atoms with Gasteiger partial charge in [0.2, 0.25) is 0 Å². The van der Waals surface area contributed by atoms with Gasteiger partial charge in [-0.1, -0.05) is 24.3 Å². The van der Waals surface area contributed by atoms with Gasteiger partial charge >= 0.3 is 0 Å². The molecule has 0 aliphatic carbocycles. The Morgan fingerprint density at radius 2 is 2.23 bits per heavy atom. The standard InChI is InChI=1S/C11H14IN/c1-8(2)11(13-3)9-5-4-6-10(12)7-9/h4-7,11,13H,1H2,2-3H3. The van der Waals surface area contributed by atoms with E-state index in [-0.39, 0.29) is 6.04 Å². The number of benzene rings is 1. The molecule has 0 saturated heterocycles. The Kier molecular flexibility index (Phi) is 3.93. The molecule has 2 heteroatoms. The van der Waals surface area contributed by atoms with Crippen molar-refractivity contribution in [3.63, 3.8) is 0 Å². The SMILES string of the molecule is C=C(C)C(NC)c1cccc(I)c1. The maximum atomic E-state index is 3.97. The topological polar surface area (TPSA) is 12.0 Å². The highest BCUT2D eigenvalue weighted by Gasteiger charge is 2.08. The first-order chi connectivity index (χ1) is 6.15. The first kappa shape index (κ1) is 10.7. The molecule has 1 N–H and O–H groups in total. The second-order valence-electron chi connectivity index (χ2n) is 3.12. The van der Waals surface area contributed by atoms with E-state index in [9.17, 15) is 0 Å². The molecule has 1 rings (SSSR count). The molecule has 0 aliphatic heterocycles. The predicted molar refractivity (Wildman–Crippen MR) is 65.8 cm³/mol. The van der Waals surface area contributed by atoms with Gasteiger partial charge in [0.15, 0.2) is 0 Å². The Balaban J connectivity index is 2.98. The second-order valence-corrected chi connectivity index (χ2v) is 4.37. The zero-order valence-electron chi connectivity index (χ0n) is 7.97. The van der Waals surface area contributed by atoms with E-state index >= 15 is 0 Å². The molecule has 1 atom stereocenters. The lowest BCUT2D eigenvalue weighted by Crippen LogP contribution is -2.16. The molecular weight excluding hydrogens is 273 g/mol. The van der Waals surface area contributed by atoms with Gasteiger partial charge < -0.3 is 5.32 Å². The molecule has 0 radical (unpaired) electrons. The van der Waals surface area contributed by atoms with Crippen molar-refractivity contribution in [2.75, 3.05) is 7.05 Å². The first-order valence-corrected chi connectivity index (χ1v) is 5.31. The monoisotopic (exact) mass is 287 g/mol. The summed E-state index contributed by atoms with van der Waals surface area (Å²) in [5.41, 5.74) is 2.42. The third kappa shape index (κ3) is 2.81. The zero-order valence-corrected chi connectivity index (χ0v) is 10.1. The molecule has 13 heavy (non-hydrogen) atoms. The van der Waals surface area contributed by atoms with Gasteiger partial charge in [0.05, 0.1) is 6.04 Å². The van der Waals surface area contributed by atoms with Crippen LogP contribution in [0.5, 0.6) is 0 Å². The summed E-state index contributed by atoms with van der Waals surface area (Å²) in [6, 6.07) is 8.74. The number of rotatable bonds is 3. The number of nitrogens with one attached hydrogen (secondary N) is 1. The molecule has 1 aromatic rings. The number of hydrogen-bond donors (Lipinski definition) is 1. The van der Waals surface area contributed by atoms with E-state index in [4.69, 9.17) is 0 Å². The average Bonchev–Trinajstić information content (AvgIpc) is 2.04. The van der Waals surface area contributed by atoms with Crippen molar-refractivity contribution in [2.24, 2.45) is 0 Å². The van der Waals surface area contributed by atoms with Crippen molar-refractivity contribution in [3.8, 4) is 0 Å². The first-order valence-electron chi connectivity index (χ1n) is 4.23. The van der Waals surface area contributed by atoms with Crippen LogP contribution in [0, 0.1) is 3.57 Å². The molecule has 0 bridgehead atoms. The molecule has 1 aromatic carbocycles. The van der Waals surface area contributed by atoms with Crippen LogP contribution in [0.25, 0.3) is 0 Å². The minimum absolute atomic E-state index is 0.273. The van der Waals surface area contributed by atoms with Crippen LogP contribution < -0.4 is 5.32 Å². The second kappa shape index (κ2) is 4.77. The van der Waals surface area contributed by atoms with Gasteiger partial charge in [0, 0.05) is 3.57 Å². The largest absolute Gasteiger partial charge is 0.310 e. The lowest BCUT2D eigenvalue weighted by atomic mass is 10.0. The summed E-state index contributed by atoms with van der Waals surface area (Å²) in [6.07, 6.45) is 0. The van der Waals surface area contributed by atoms with Crippen molar-refractivity contribution in [2.45, 2.75) is 13.0 Å². The highest BCUT2D eigenvalue weighted by Crippen LogP contribution is 2.20. The highest BCUT2D eigenvalue weighted by molar-refractivity contribution is 14.1. The average molecular weight is 287 g/mol. The lowest BCUT2D eigenvalue weighted by Gasteiger charge is -2.16. The summed E-state index contributed by atoms with van der Waals surface area (Å²) in [7, 11) is 1.96. The maximum Gasteiger partial charge on any atom is 0.0528 e. The fourth-order valence-corrected chi connectivity index (χ4v) is 1.95. The van der Waals surface area contributed by atoms with Gasteiger partial charge in [-0.2, -0.15) is 0 Å². The maximum absolute atomic E-state index is 3.97. The van der Waals surface area contributed by atoms with Crippen LogP contribution in [-0.4, -0.2) is 7.05 Å². The smallest absolute Gasteiger partial charge is 0.0528 e. The zero-order chi connectivity index (χ0) is 9.84. The van der Waals surface area contributed by atoms with Gasteiger partial charge in [0.25, 0.3) is 0 Å². The predicted octanol–water partition coefficient (Wildman–Crippen LogP) is 3.13. The van der Waals surface area contributed by atoms with E-state index in [1.807, 2.05) is 14.0 Å². The van der Waals surface area contributed by atoms with Crippen LogP contribution in [0.1, 0.15) is 18.5 Å². The molecule has 1 unspecified atom stereocenters. The van der Waals surface area contributed by atoms with Gasteiger partial charge in [-0.25, -0.2) is 0 Å². The Hall–Kier alpha value is -0.350. The van der Waals surface area contributed by atoms with Crippen LogP contribution >= 0.6 is 22.6 Å². The molecule has 1 nitrogen and oxygen atoms in total. The third-order valence-corrected chi connectivity index (χ3v) is 2.63. The van der Waals surface area contributed by atoms with Gasteiger partial charge in [-0.3, -0.25) is 0 Å². The summed E-state index contributed by atoms with van der Waals surface area (Å²) in [5, 5.41) is 3.24. The van der Waals surface area contributed by atoms with E-state index in [1.165, 1.54) is 9.13 Å². The van der Waals surface area contributed by atoms with E-state index < -0.39 is 0 Å². The summed E-state index contributed by atoms with van der Waals surface area (Å²) in [6.45, 7) is 6.01. The Morgan fingerprint density at radius 1 is 1.54 bits per heavy atom. The van der Waals surface area contributed by atoms with Crippen molar-refractivity contribution < 1.29 is 0 Å². The van der Waals surface area contributed by atoms with Crippen molar-refractivity contribution in [1.29, 1.82) is 0 Å². The highest BCUT2D eigenvalue weighted by atomic mass is 127. The van der Waals surface area contributed by atoms with Crippen LogP contribution in [0.3, 0.4) is 0 Å². The summed E-state index contributed by atoms with van der Waals surface area (Å²) >= 11 is 2.32. The molecule has 0 aromatic heterocycles. The lowest BCUT2D eigenvalue weighted by molar-refractivity contribution is 0.679. The molecule has 0 spiro atoms. The Bertz CT molecular complexity index is 307. The van der Waals surface area contributed by atoms with Gasteiger partial charge in [0.1, 0.15) is 0 Å². The molecule has 0 heterocycles. The fourth-order valence-electron chi connectivity index (χ4n) is 1.38. The third-order valence-electron chi connectivity index (χ3n) is 1.96. The molecule has 0 fully saturated rings. The van der Waals surface area contributed by atoms with Crippen molar-refractivity contribution >= 4 is 22.6 Å². The fraction of sp³-hybridized carbons (Fsp3) is 0.273. The van der Waals surface area contributed by atoms with Crippen molar-refractivity contribution in [1.82, 2.24) is 5.32 Å². The molecule has 70 valence electrons. The molecule has 0 amide bonds. The quantitative estimate of drug-likeness (QED) is 0.665. The van der Waals surface area contributed by atoms with E-state index in [1.54, 1.807) is 0 Å². The normalized spacial score (nSPS) is 12.5. The van der Waals surface area contributed by atoms with Crippen molar-refractivity contribution in [3.05, 3.63) is 45.6 Å². The van der Waals surface area contributed by atoms with Gasteiger partial charge in [-0.05, 0) is 54.3 Å². The number of halogens is 1. The van der Waals surface area contributed by atoms with Crippen LogP contribution in [0.15, 0.2) is 36.4 Å². The Labute approximate surface area is 93.4 Å². The Morgan fingerprint density at radius 3 is 2.69 bits per heavy atom. The molecule has 0 saturated carbocycles. The molecular formula is C11H14IN. The van der Waals surface area contributed by atoms with Crippen LogP contribution in [0.4, 0.5) is 0 Å². The van der Waals surface area contributed by atoms with Crippen LogP contribution in [0.2, 0.25) is 0 Å². The summed E-state index contributed by atoms with van der Waals surface area (Å²) in [4.78, 5) is 0. The van der Waals surface area contributed by atoms with E-state index in [2.05, 4.69) is 58.8 Å². The van der Waals surface area contributed by atoms with E-state index in [0.717, 1.165) is 5.57 Å². The minimum Gasteiger partial charge on any atom is -0.310 e. The summed E-state index contributed by atoms with van der Waals surface area (Å²) in [5.74, 6) is 0. The number of likely N-dealkylation sites (N-methyl/N-ethyl adjacent to an activating group) is 1.